The molecule has 1 rings (SSSR count). The quantitative estimate of drug-likeness (QED) is 0.754. The zero-order valence-corrected chi connectivity index (χ0v) is 8.18. The minimum atomic E-state index is -0.500. The Morgan fingerprint density at radius 2 is 2.23 bits per heavy atom. The van der Waals surface area contributed by atoms with Crippen LogP contribution in [0.5, 0.6) is 5.75 Å². The first kappa shape index (κ1) is 9.86. The highest BCUT2D eigenvalue weighted by atomic mass is 35.5. The fraction of sp³-hybridized carbons (Fsp3) is 0.222. The van der Waals surface area contributed by atoms with Crippen molar-refractivity contribution in [3.63, 3.8) is 0 Å². The van der Waals surface area contributed by atoms with Crippen molar-refractivity contribution in [3.05, 3.63) is 28.8 Å². The third-order valence-corrected chi connectivity index (χ3v) is 1.97. The fourth-order valence-electron chi connectivity index (χ4n) is 0.795. The Labute approximate surface area is 81.7 Å². The minimum Gasteiger partial charge on any atom is -0.410 e. The van der Waals surface area contributed by atoms with Gasteiger partial charge in [0.2, 0.25) is 0 Å². The monoisotopic (exact) mass is 199 g/mol. The number of benzene rings is 1. The maximum absolute atomic E-state index is 10.8. The smallest absolute Gasteiger partial charge is 0.410 e. The van der Waals surface area contributed by atoms with Gasteiger partial charge in [-0.2, -0.15) is 0 Å². The largest absolute Gasteiger partial charge is 0.412 e. The Kier molecular flexibility index (Phi) is 3.14. The summed E-state index contributed by atoms with van der Waals surface area (Å²) in [4.78, 5) is 10.8. The molecule has 1 aromatic rings. The molecule has 0 spiro atoms. The van der Waals surface area contributed by atoms with E-state index in [0.29, 0.717) is 10.8 Å². The Hall–Kier alpha value is -1.22. The molecular formula is C9H10ClNO2. The van der Waals surface area contributed by atoms with E-state index < -0.39 is 6.09 Å². The number of rotatable bonds is 1. The van der Waals surface area contributed by atoms with Crippen LogP contribution in [0.3, 0.4) is 0 Å². The second-order valence-electron chi connectivity index (χ2n) is 2.55. The van der Waals surface area contributed by atoms with Gasteiger partial charge in [-0.1, -0.05) is 17.7 Å². The van der Waals surface area contributed by atoms with E-state index in [4.69, 9.17) is 16.3 Å². The van der Waals surface area contributed by atoms with Gasteiger partial charge in [0.15, 0.2) is 0 Å². The van der Waals surface area contributed by atoms with Crippen LogP contribution < -0.4 is 10.1 Å². The average Bonchev–Trinajstić information content (AvgIpc) is 2.11. The van der Waals surface area contributed by atoms with Gasteiger partial charge in [0.25, 0.3) is 0 Å². The van der Waals surface area contributed by atoms with Gasteiger partial charge < -0.3 is 10.1 Å². The Morgan fingerprint density at radius 3 is 2.77 bits per heavy atom. The molecule has 4 heteroatoms. The standard InChI is InChI=1S/C9H10ClNO2/c1-6-3-4-7(5-8(6)10)13-9(12)11-2/h3-5H,1-2H3,(H,11,12). The van der Waals surface area contributed by atoms with Crippen molar-refractivity contribution >= 4 is 17.7 Å². The van der Waals surface area contributed by atoms with Crippen molar-refractivity contribution in [1.82, 2.24) is 5.32 Å². The van der Waals surface area contributed by atoms with E-state index in [1.165, 1.54) is 7.05 Å². The molecule has 0 saturated heterocycles. The molecule has 0 unspecified atom stereocenters. The van der Waals surface area contributed by atoms with Gasteiger partial charge >= 0.3 is 6.09 Å². The maximum atomic E-state index is 10.8. The summed E-state index contributed by atoms with van der Waals surface area (Å²) >= 11 is 5.83. The van der Waals surface area contributed by atoms with Crippen LogP contribution in [0.1, 0.15) is 5.56 Å². The first-order chi connectivity index (χ1) is 6.13. The van der Waals surface area contributed by atoms with E-state index in [0.717, 1.165) is 5.56 Å². The number of halogens is 1. The maximum Gasteiger partial charge on any atom is 0.412 e. The molecular weight excluding hydrogens is 190 g/mol. The summed E-state index contributed by atoms with van der Waals surface area (Å²) in [5, 5.41) is 2.93. The summed E-state index contributed by atoms with van der Waals surface area (Å²) in [5.41, 5.74) is 0.950. The summed E-state index contributed by atoms with van der Waals surface area (Å²) in [5.74, 6) is 0.440. The highest BCUT2D eigenvalue weighted by Crippen LogP contribution is 2.21. The van der Waals surface area contributed by atoms with Crippen LogP contribution in [0.2, 0.25) is 5.02 Å². The lowest BCUT2D eigenvalue weighted by Crippen LogP contribution is -2.21. The fourth-order valence-corrected chi connectivity index (χ4v) is 0.966. The van der Waals surface area contributed by atoms with Crippen LogP contribution in [0.15, 0.2) is 18.2 Å². The van der Waals surface area contributed by atoms with E-state index in [2.05, 4.69) is 5.32 Å². The normalized spacial score (nSPS) is 9.46. The first-order valence-electron chi connectivity index (χ1n) is 3.79. The van der Waals surface area contributed by atoms with Crippen LogP contribution >= 0.6 is 11.6 Å². The third-order valence-electron chi connectivity index (χ3n) is 1.56. The summed E-state index contributed by atoms with van der Waals surface area (Å²) in [6.45, 7) is 1.88. The SMILES string of the molecule is CNC(=O)Oc1ccc(C)c(Cl)c1. The number of carbonyl (C=O) groups is 1. The lowest BCUT2D eigenvalue weighted by molar-refractivity contribution is 0.203. The predicted octanol–water partition coefficient (Wildman–Crippen LogP) is 2.37. The molecule has 13 heavy (non-hydrogen) atoms. The number of hydrogen-bond donors (Lipinski definition) is 1. The lowest BCUT2D eigenvalue weighted by Gasteiger charge is -2.04. The molecule has 0 atom stereocenters. The van der Waals surface area contributed by atoms with Crippen LogP contribution in [-0.4, -0.2) is 13.1 Å². The number of aryl methyl sites for hydroxylation is 1. The van der Waals surface area contributed by atoms with Crippen molar-refractivity contribution in [2.24, 2.45) is 0 Å². The molecule has 0 aliphatic carbocycles. The number of amides is 1. The number of nitrogens with one attached hydrogen (secondary N) is 1. The number of ether oxygens (including phenoxy) is 1. The van der Waals surface area contributed by atoms with Crippen LogP contribution in [-0.2, 0) is 0 Å². The molecule has 0 fully saturated rings. The second-order valence-corrected chi connectivity index (χ2v) is 2.96. The predicted molar refractivity (Wildman–Crippen MR) is 51.3 cm³/mol. The van der Waals surface area contributed by atoms with Gasteiger partial charge in [-0.25, -0.2) is 4.79 Å². The van der Waals surface area contributed by atoms with Crippen LogP contribution in [0.25, 0.3) is 0 Å². The summed E-state index contributed by atoms with van der Waals surface area (Å²) < 4.78 is 4.86. The van der Waals surface area contributed by atoms with Gasteiger partial charge in [-0.05, 0) is 24.6 Å². The lowest BCUT2D eigenvalue weighted by atomic mass is 10.2. The van der Waals surface area contributed by atoms with E-state index in [9.17, 15) is 4.79 Å². The molecule has 1 amide bonds. The molecule has 0 bridgehead atoms. The minimum absolute atomic E-state index is 0.440. The van der Waals surface area contributed by atoms with Gasteiger partial charge in [-0.15, -0.1) is 0 Å². The van der Waals surface area contributed by atoms with Crippen molar-refractivity contribution in [2.45, 2.75) is 6.92 Å². The zero-order chi connectivity index (χ0) is 9.84. The highest BCUT2D eigenvalue weighted by molar-refractivity contribution is 6.31. The average molecular weight is 200 g/mol. The van der Waals surface area contributed by atoms with Crippen molar-refractivity contribution in [3.8, 4) is 5.75 Å². The topological polar surface area (TPSA) is 38.3 Å². The molecule has 0 radical (unpaired) electrons. The van der Waals surface area contributed by atoms with Crippen LogP contribution in [0.4, 0.5) is 4.79 Å². The molecule has 0 aliphatic heterocycles. The van der Waals surface area contributed by atoms with E-state index in [-0.39, 0.29) is 0 Å². The molecule has 0 aromatic heterocycles. The second kappa shape index (κ2) is 4.14. The first-order valence-corrected chi connectivity index (χ1v) is 4.17. The van der Waals surface area contributed by atoms with Gasteiger partial charge in [0, 0.05) is 12.1 Å². The van der Waals surface area contributed by atoms with E-state index >= 15 is 0 Å². The molecule has 1 N–H and O–H groups in total. The van der Waals surface area contributed by atoms with E-state index in [1.54, 1.807) is 18.2 Å². The van der Waals surface area contributed by atoms with Gasteiger partial charge in [0.05, 0.1) is 0 Å². The summed E-state index contributed by atoms with van der Waals surface area (Å²) in [6, 6.07) is 5.09. The Bertz CT molecular complexity index is 325. The molecule has 1 aromatic carbocycles. The van der Waals surface area contributed by atoms with Gasteiger partial charge in [0.1, 0.15) is 5.75 Å². The number of hydrogen-bond acceptors (Lipinski definition) is 2. The molecule has 0 saturated carbocycles. The summed E-state index contributed by atoms with van der Waals surface area (Å²) in [7, 11) is 1.50. The van der Waals surface area contributed by atoms with Crippen molar-refractivity contribution < 1.29 is 9.53 Å². The molecule has 0 heterocycles. The highest BCUT2D eigenvalue weighted by Gasteiger charge is 2.02. The third kappa shape index (κ3) is 2.63. The Morgan fingerprint density at radius 1 is 1.54 bits per heavy atom. The Balaban J connectivity index is 2.79. The number of carbonyl (C=O) groups excluding carboxylic acids is 1. The van der Waals surface area contributed by atoms with Crippen molar-refractivity contribution in [2.75, 3.05) is 7.05 Å². The van der Waals surface area contributed by atoms with Crippen molar-refractivity contribution in [1.29, 1.82) is 0 Å². The van der Waals surface area contributed by atoms with Gasteiger partial charge in [-0.3, -0.25) is 0 Å². The molecule has 0 aliphatic rings. The molecule has 3 nitrogen and oxygen atoms in total. The molecule has 70 valence electrons. The van der Waals surface area contributed by atoms with E-state index in [1.807, 2.05) is 6.92 Å². The zero-order valence-electron chi connectivity index (χ0n) is 7.43. The summed E-state index contributed by atoms with van der Waals surface area (Å²) in [6.07, 6.45) is -0.500. The van der Waals surface area contributed by atoms with Crippen LogP contribution in [0, 0.1) is 6.92 Å².